The van der Waals surface area contributed by atoms with E-state index in [1.807, 2.05) is 17.9 Å². The highest BCUT2D eigenvalue weighted by molar-refractivity contribution is 9.10. The second-order valence-corrected chi connectivity index (χ2v) is 4.92. The third kappa shape index (κ3) is 2.77. The van der Waals surface area contributed by atoms with E-state index in [0.717, 1.165) is 24.1 Å². The zero-order valence-corrected chi connectivity index (χ0v) is 11.8. The number of aromatic nitrogens is 2. The molecule has 0 aliphatic carbocycles. The summed E-state index contributed by atoms with van der Waals surface area (Å²) in [5.74, 6) is 0. The van der Waals surface area contributed by atoms with Crippen LogP contribution in [0.3, 0.4) is 0 Å². The lowest BCUT2D eigenvalue weighted by molar-refractivity contribution is 0.243. The first kappa shape index (κ1) is 14.0. The number of rotatable bonds is 3. The minimum atomic E-state index is 0. The van der Waals surface area contributed by atoms with Crippen molar-refractivity contribution in [2.24, 2.45) is 12.8 Å². The Hall–Kier alpha value is -0.100. The fraction of sp³-hybridized carbons (Fsp3) is 0.700. The van der Waals surface area contributed by atoms with Gasteiger partial charge in [0.2, 0.25) is 0 Å². The number of likely N-dealkylation sites (tertiary alicyclic amines) is 1. The minimum Gasteiger partial charge on any atom is -0.329 e. The van der Waals surface area contributed by atoms with E-state index >= 15 is 0 Å². The molecule has 0 bridgehead atoms. The van der Waals surface area contributed by atoms with E-state index in [2.05, 4.69) is 25.9 Å². The summed E-state index contributed by atoms with van der Waals surface area (Å²) in [6, 6.07) is 0.548. The Bertz CT molecular complexity index is 322. The average molecular weight is 310 g/mol. The Morgan fingerprint density at radius 2 is 2.38 bits per heavy atom. The number of hydrogen-bond donors (Lipinski definition) is 1. The van der Waals surface area contributed by atoms with Gasteiger partial charge in [0.15, 0.2) is 0 Å². The van der Waals surface area contributed by atoms with Gasteiger partial charge >= 0.3 is 0 Å². The molecule has 0 amide bonds. The van der Waals surface area contributed by atoms with Gasteiger partial charge in [-0.15, -0.1) is 12.4 Å². The van der Waals surface area contributed by atoms with Gasteiger partial charge in [-0.1, -0.05) is 0 Å². The van der Waals surface area contributed by atoms with Crippen LogP contribution in [0, 0.1) is 0 Å². The maximum absolute atomic E-state index is 5.75. The summed E-state index contributed by atoms with van der Waals surface area (Å²) in [6.07, 6.45) is 4.34. The van der Waals surface area contributed by atoms with Crippen molar-refractivity contribution in [1.82, 2.24) is 14.7 Å². The molecule has 2 N–H and O–H groups in total. The number of aryl methyl sites for hydroxylation is 1. The molecule has 2 heterocycles. The molecule has 0 saturated carbocycles. The smallest absolute Gasteiger partial charge is 0.0663 e. The van der Waals surface area contributed by atoms with Gasteiger partial charge in [0.1, 0.15) is 0 Å². The van der Waals surface area contributed by atoms with E-state index in [1.54, 1.807) is 0 Å². The molecule has 0 spiro atoms. The largest absolute Gasteiger partial charge is 0.329 e. The Balaban J connectivity index is 0.00000128. The van der Waals surface area contributed by atoms with Gasteiger partial charge in [-0.25, -0.2) is 0 Å². The third-order valence-corrected chi connectivity index (χ3v) is 3.80. The first-order chi connectivity index (χ1) is 7.22. The molecule has 1 fully saturated rings. The highest BCUT2D eigenvalue weighted by Crippen LogP contribution is 2.22. The van der Waals surface area contributed by atoms with Crippen molar-refractivity contribution in [2.75, 3.05) is 13.1 Å². The first-order valence-corrected chi connectivity index (χ1v) is 6.12. The number of nitrogens with two attached hydrogens (primary N) is 1. The molecule has 1 aliphatic rings. The summed E-state index contributed by atoms with van der Waals surface area (Å²) < 4.78 is 3.02. The summed E-state index contributed by atoms with van der Waals surface area (Å²) in [7, 11) is 1.98. The van der Waals surface area contributed by atoms with Gasteiger partial charge in [-0.3, -0.25) is 9.58 Å². The fourth-order valence-electron chi connectivity index (χ4n) is 2.18. The van der Waals surface area contributed by atoms with E-state index in [0.29, 0.717) is 6.04 Å². The van der Waals surface area contributed by atoms with Gasteiger partial charge in [-0.05, 0) is 35.3 Å². The summed E-state index contributed by atoms with van der Waals surface area (Å²) in [5.41, 5.74) is 6.99. The predicted molar refractivity (Wildman–Crippen MR) is 70.6 cm³/mol. The lowest BCUT2D eigenvalue weighted by atomic mass is 10.2. The van der Waals surface area contributed by atoms with Gasteiger partial charge in [-0.2, -0.15) is 5.10 Å². The molecular weight excluding hydrogens is 291 g/mol. The van der Waals surface area contributed by atoms with Crippen LogP contribution in [-0.4, -0.2) is 33.8 Å². The van der Waals surface area contributed by atoms with E-state index in [9.17, 15) is 0 Å². The Morgan fingerprint density at radius 1 is 1.62 bits per heavy atom. The molecule has 1 aromatic rings. The van der Waals surface area contributed by atoms with Crippen LogP contribution in [-0.2, 0) is 13.6 Å². The molecule has 6 heteroatoms. The molecular formula is C10H18BrClN4. The topological polar surface area (TPSA) is 47.1 Å². The highest BCUT2D eigenvalue weighted by Gasteiger charge is 2.24. The van der Waals surface area contributed by atoms with E-state index in [1.165, 1.54) is 18.5 Å². The van der Waals surface area contributed by atoms with Crippen molar-refractivity contribution >= 4 is 28.3 Å². The summed E-state index contributed by atoms with van der Waals surface area (Å²) >= 11 is 3.52. The quantitative estimate of drug-likeness (QED) is 0.921. The normalized spacial score (nSPS) is 21.1. The summed E-state index contributed by atoms with van der Waals surface area (Å²) in [6.45, 7) is 2.86. The van der Waals surface area contributed by atoms with Crippen LogP contribution in [0.25, 0.3) is 0 Å². The standard InChI is InChI=1S/C10H17BrN4.ClH/c1-14-10(9(11)6-13-14)7-15-4-2-3-8(15)5-12;/h6,8H,2-5,7,12H2,1H3;1H. The van der Waals surface area contributed by atoms with Crippen LogP contribution in [0.5, 0.6) is 0 Å². The van der Waals surface area contributed by atoms with Gasteiger partial charge in [0.25, 0.3) is 0 Å². The van der Waals surface area contributed by atoms with Crippen molar-refractivity contribution in [1.29, 1.82) is 0 Å². The van der Waals surface area contributed by atoms with Gasteiger partial charge < -0.3 is 5.73 Å². The van der Waals surface area contributed by atoms with Crippen LogP contribution in [0.4, 0.5) is 0 Å². The monoisotopic (exact) mass is 308 g/mol. The maximum Gasteiger partial charge on any atom is 0.0663 e. The van der Waals surface area contributed by atoms with E-state index in [4.69, 9.17) is 5.73 Å². The van der Waals surface area contributed by atoms with E-state index in [-0.39, 0.29) is 12.4 Å². The lowest BCUT2D eigenvalue weighted by Crippen LogP contribution is -2.35. The first-order valence-electron chi connectivity index (χ1n) is 5.33. The Labute approximate surface area is 111 Å². The molecule has 4 nitrogen and oxygen atoms in total. The van der Waals surface area contributed by atoms with Crippen LogP contribution in [0.2, 0.25) is 0 Å². The molecule has 1 unspecified atom stereocenters. The lowest BCUT2D eigenvalue weighted by Gasteiger charge is -2.23. The second-order valence-electron chi connectivity index (χ2n) is 4.07. The van der Waals surface area contributed by atoms with Crippen LogP contribution >= 0.6 is 28.3 Å². The highest BCUT2D eigenvalue weighted by atomic mass is 79.9. The third-order valence-electron chi connectivity index (χ3n) is 3.13. The molecule has 1 aliphatic heterocycles. The van der Waals surface area contributed by atoms with Crippen molar-refractivity contribution in [2.45, 2.75) is 25.4 Å². The summed E-state index contributed by atoms with van der Waals surface area (Å²) in [4.78, 5) is 2.45. The number of hydrogen-bond acceptors (Lipinski definition) is 3. The molecule has 1 aromatic heterocycles. The van der Waals surface area contributed by atoms with Crippen molar-refractivity contribution in [3.05, 3.63) is 16.4 Å². The Morgan fingerprint density at radius 3 is 2.94 bits per heavy atom. The number of nitrogens with zero attached hydrogens (tertiary/aromatic N) is 3. The SMILES string of the molecule is Cl.Cn1ncc(Br)c1CN1CCCC1CN. The molecule has 92 valence electrons. The molecule has 1 saturated heterocycles. The second kappa shape index (κ2) is 6.00. The molecule has 0 radical (unpaired) electrons. The summed E-state index contributed by atoms with van der Waals surface area (Å²) in [5, 5.41) is 4.22. The molecule has 2 rings (SSSR count). The van der Waals surface area contributed by atoms with Gasteiger partial charge in [0, 0.05) is 26.2 Å². The Kier molecular flexibility index (Phi) is 5.24. The van der Waals surface area contributed by atoms with Gasteiger partial charge in [0.05, 0.1) is 16.4 Å². The van der Waals surface area contributed by atoms with Crippen molar-refractivity contribution in [3.63, 3.8) is 0 Å². The van der Waals surface area contributed by atoms with Crippen molar-refractivity contribution < 1.29 is 0 Å². The fourth-order valence-corrected chi connectivity index (χ4v) is 2.65. The zero-order chi connectivity index (χ0) is 10.8. The molecule has 16 heavy (non-hydrogen) atoms. The van der Waals surface area contributed by atoms with Crippen LogP contribution in [0.15, 0.2) is 10.7 Å². The van der Waals surface area contributed by atoms with Crippen molar-refractivity contribution in [3.8, 4) is 0 Å². The number of halogens is 2. The average Bonchev–Trinajstić information content (AvgIpc) is 2.79. The molecule has 0 aromatic carbocycles. The van der Waals surface area contributed by atoms with Crippen LogP contribution < -0.4 is 5.73 Å². The minimum absolute atomic E-state index is 0. The molecule has 1 atom stereocenters. The zero-order valence-electron chi connectivity index (χ0n) is 9.40. The predicted octanol–water partition coefficient (Wildman–Crippen LogP) is 1.53. The van der Waals surface area contributed by atoms with Crippen LogP contribution in [0.1, 0.15) is 18.5 Å². The maximum atomic E-state index is 5.75. The van der Waals surface area contributed by atoms with E-state index < -0.39 is 0 Å².